The third kappa shape index (κ3) is 4.28. The first kappa shape index (κ1) is 12.8. The van der Waals surface area contributed by atoms with E-state index in [2.05, 4.69) is 12.2 Å². The van der Waals surface area contributed by atoms with E-state index in [-0.39, 0.29) is 12.0 Å². The van der Waals surface area contributed by atoms with Crippen LogP contribution in [0.4, 0.5) is 0 Å². The number of hydrogen-bond donors (Lipinski definition) is 1. The van der Waals surface area contributed by atoms with Gasteiger partial charge >= 0.3 is 0 Å². The summed E-state index contributed by atoms with van der Waals surface area (Å²) in [6.07, 6.45) is 4.26. The predicted molar refractivity (Wildman–Crippen MR) is 66.8 cm³/mol. The fraction of sp³-hybridized carbons (Fsp3) is 0.923. The minimum absolute atomic E-state index is 0.0785. The average Bonchev–Trinajstić information content (AvgIpc) is 3.14. The molecule has 1 heterocycles. The van der Waals surface area contributed by atoms with Crippen LogP contribution in [0.25, 0.3) is 0 Å². The lowest BCUT2D eigenvalue weighted by atomic mass is 10.2. The number of carbonyl (C=O) groups is 1. The molecule has 4 nitrogen and oxygen atoms in total. The second-order valence-electron chi connectivity index (χ2n) is 5.18. The van der Waals surface area contributed by atoms with Gasteiger partial charge in [-0.2, -0.15) is 0 Å². The Morgan fingerprint density at radius 1 is 1.47 bits per heavy atom. The van der Waals surface area contributed by atoms with Gasteiger partial charge in [0.05, 0.1) is 19.1 Å². The molecule has 2 rings (SSSR count). The predicted octanol–water partition coefficient (Wildman–Crippen LogP) is 1.01. The highest BCUT2D eigenvalue weighted by Crippen LogP contribution is 2.30. The maximum absolute atomic E-state index is 12.2. The zero-order valence-corrected chi connectivity index (χ0v) is 10.8. The van der Waals surface area contributed by atoms with Crippen LogP contribution in [-0.4, -0.2) is 49.7 Å². The van der Waals surface area contributed by atoms with Gasteiger partial charge in [-0.1, -0.05) is 6.92 Å². The molecule has 0 aromatic rings. The zero-order chi connectivity index (χ0) is 12.1. The van der Waals surface area contributed by atoms with Crippen LogP contribution in [0.1, 0.15) is 32.6 Å². The fourth-order valence-electron chi connectivity index (χ4n) is 2.27. The molecule has 1 saturated heterocycles. The summed E-state index contributed by atoms with van der Waals surface area (Å²) in [5.74, 6) is 1.04. The molecule has 1 unspecified atom stereocenters. The van der Waals surface area contributed by atoms with Gasteiger partial charge in [0.25, 0.3) is 0 Å². The number of amides is 1. The van der Waals surface area contributed by atoms with Crippen molar-refractivity contribution in [2.24, 2.45) is 5.92 Å². The first-order valence-electron chi connectivity index (χ1n) is 6.89. The van der Waals surface area contributed by atoms with Gasteiger partial charge < -0.3 is 15.0 Å². The molecule has 1 aliphatic heterocycles. The van der Waals surface area contributed by atoms with E-state index in [0.29, 0.717) is 6.42 Å². The van der Waals surface area contributed by atoms with Crippen LogP contribution in [0, 0.1) is 5.92 Å². The third-order valence-corrected chi connectivity index (χ3v) is 3.43. The largest absolute Gasteiger partial charge is 0.375 e. The molecule has 0 radical (unpaired) electrons. The lowest BCUT2D eigenvalue weighted by Gasteiger charge is -2.27. The number of nitrogens with zero attached hydrogens (tertiary/aromatic N) is 1. The summed E-state index contributed by atoms with van der Waals surface area (Å²) in [4.78, 5) is 14.2. The molecule has 1 aliphatic carbocycles. The van der Waals surface area contributed by atoms with E-state index < -0.39 is 0 Å². The van der Waals surface area contributed by atoms with Crippen molar-refractivity contribution in [2.75, 3.05) is 32.8 Å². The van der Waals surface area contributed by atoms with E-state index in [4.69, 9.17) is 4.74 Å². The SMILES string of the molecule is CCCN(CC1CC1)C(=O)CC1CNCCO1. The summed E-state index contributed by atoms with van der Waals surface area (Å²) < 4.78 is 5.59. The second-order valence-corrected chi connectivity index (χ2v) is 5.18. The zero-order valence-electron chi connectivity index (χ0n) is 10.8. The number of nitrogens with one attached hydrogen (secondary N) is 1. The van der Waals surface area contributed by atoms with E-state index in [1.54, 1.807) is 0 Å². The molecule has 1 saturated carbocycles. The highest BCUT2D eigenvalue weighted by Gasteiger charge is 2.27. The van der Waals surface area contributed by atoms with Crippen molar-refractivity contribution >= 4 is 5.91 Å². The van der Waals surface area contributed by atoms with Gasteiger partial charge in [-0.15, -0.1) is 0 Å². The van der Waals surface area contributed by atoms with Crippen molar-refractivity contribution in [1.29, 1.82) is 0 Å². The normalized spacial score (nSPS) is 24.6. The van der Waals surface area contributed by atoms with Crippen LogP contribution < -0.4 is 5.32 Å². The molecule has 2 aliphatic rings. The van der Waals surface area contributed by atoms with E-state index in [1.165, 1.54) is 12.8 Å². The summed E-state index contributed by atoms with van der Waals surface area (Å²) in [6, 6.07) is 0. The van der Waals surface area contributed by atoms with Crippen molar-refractivity contribution in [3.05, 3.63) is 0 Å². The topological polar surface area (TPSA) is 41.6 Å². The van der Waals surface area contributed by atoms with Crippen molar-refractivity contribution in [3.63, 3.8) is 0 Å². The quantitative estimate of drug-likeness (QED) is 0.753. The van der Waals surface area contributed by atoms with Crippen LogP contribution >= 0.6 is 0 Å². The van der Waals surface area contributed by atoms with Gasteiger partial charge in [-0.25, -0.2) is 0 Å². The average molecular weight is 240 g/mol. The van der Waals surface area contributed by atoms with Crippen LogP contribution in [0.15, 0.2) is 0 Å². The van der Waals surface area contributed by atoms with Gasteiger partial charge in [-0.05, 0) is 25.2 Å². The molecule has 1 N–H and O–H groups in total. The Morgan fingerprint density at radius 2 is 2.29 bits per heavy atom. The summed E-state index contributed by atoms with van der Waals surface area (Å²) in [7, 11) is 0. The Morgan fingerprint density at radius 3 is 2.88 bits per heavy atom. The molecule has 0 aromatic heterocycles. The molecule has 4 heteroatoms. The fourth-order valence-corrected chi connectivity index (χ4v) is 2.27. The molecule has 0 aromatic carbocycles. The Balaban J connectivity index is 1.77. The molecule has 2 fully saturated rings. The molecule has 0 bridgehead atoms. The summed E-state index contributed by atoms with van der Waals surface area (Å²) in [5, 5.41) is 3.27. The minimum Gasteiger partial charge on any atom is -0.375 e. The maximum Gasteiger partial charge on any atom is 0.225 e. The Labute approximate surface area is 104 Å². The van der Waals surface area contributed by atoms with Crippen molar-refractivity contribution in [2.45, 2.75) is 38.7 Å². The smallest absolute Gasteiger partial charge is 0.225 e. The highest BCUT2D eigenvalue weighted by atomic mass is 16.5. The maximum atomic E-state index is 12.2. The summed E-state index contributed by atoms with van der Waals surface area (Å²) >= 11 is 0. The van der Waals surface area contributed by atoms with Gasteiger partial charge in [-0.3, -0.25) is 4.79 Å². The Bertz CT molecular complexity index is 248. The van der Waals surface area contributed by atoms with Gasteiger partial charge in [0.1, 0.15) is 0 Å². The van der Waals surface area contributed by atoms with Crippen molar-refractivity contribution in [3.8, 4) is 0 Å². The minimum atomic E-state index is 0.0785. The standard InChI is InChI=1S/C13H24N2O2/c1-2-6-15(10-11-3-4-11)13(16)8-12-9-14-5-7-17-12/h11-12,14H,2-10H2,1H3. The van der Waals surface area contributed by atoms with Gasteiger partial charge in [0, 0.05) is 26.2 Å². The third-order valence-electron chi connectivity index (χ3n) is 3.43. The number of carbonyl (C=O) groups excluding carboxylic acids is 1. The molecule has 17 heavy (non-hydrogen) atoms. The monoisotopic (exact) mass is 240 g/mol. The number of rotatable bonds is 6. The molecular formula is C13H24N2O2. The van der Waals surface area contributed by atoms with Crippen LogP contribution in [-0.2, 0) is 9.53 Å². The van der Waals surface area contributed by atoms with Crippen LogP contribution in [0.2, 0.25) is 0 Å². The molecule has 1 amide bonds. The second kappa shape index (κ2) is 6.36. The van der Waals surface area contributed by atoms with Crippen LogP contribution in [0.5, 0.6) is 0 Å². The van der Waals surface area contributed by atoms with E-state index in [9.17, 15) is 4.79 Å². The van der Waals surface area contributed by atoms with Crippen molar-refractivity contribution < 1.29 is 9.53 Å². The van der Waals surface area contributed by atoms with E-state index in [1.807, 2.05) is 4.90 Å². The van der Waals surface area contributed by atoms with E-state index >= 15 is 0 Å². The lowest BCUT2D eigenvalue weighted by molar-refractivity contribution is -0.135. The van der Waals surface area contributed by atoms with E-state index in [0.717, 1.165) is 45.1 Å². The summed E-state index contributed by atoms with van der Waals surface area (Å²) in [6.45, 7) is 6.45. The molecule has 1 atom stereocenters. The van der Waals surface area contributed by atoms with Gasteiger partial charge in [0.15, 0.2) is 0 Å². The Kier molecular flexibility index (Phi) is 4.80. The Hall–Kier alpha value is -0.610. The lowest BCUT2D eigenvalue weighted by Crippen LogP contribution is -2.43. The van der Waals surface area contributed by atoms with Crippen molar-refractivity contribution in [1.82, 2.24) is 10.2 Å². The summed E-state index contributed by atoms with van der Waals surface area (Å²) in [5.41, 5.74) is 0. The first-order chi connectivity index (χ1) is 8.29. The number of ether oxygens (including phenoxy) is 1. The molecule has 98 valence electrons. The number of hydrogen-bond acceptors (Lipinski definition) is 3. The molecule has 0 spiro atoms. The van der Waals surface area contributed by atoms with Gasteiger partial charge in [0.2, 0.25) is 5.91 Å². The number of morpholine rings is 1. The molecular weight excluding hydrogens is 216 g/mol. The van der Waals surface area contributed by atoms with Crippen LogP contribution in [0.3, 0.4) is 0 Å². The first-order valence-corrected chi connectivity index (χ1v) is 6.89. The highest BCUT2D eigenvalue weighted by molar-refractivity contribution is 5.76.